The minimum Gasteiger partial charge on any atom is -0.477 e. The van der Waals surface area contributed by atoms with Gasteiger partial charge in [0.2, 0.25) is 0 Å². The molecule has 0 bridgehead atoms. The number of aliphatic carboxylic acids is 3. The number of carboxylic acids is 3. The van der Waals surface area contributed by atoms with Gasteiger partial charge in [0.05, 0.1) is 6.54 Å². The Kier molecular flexibility index (Phi) is 20.9. The average molecular weight is 541 g/mol. The van der Waals surface area contributed by atoms with Gasteiger partial charge in [-0.15, -0.1) is 0 Å². The average Bonchev–Trinajstić information content (AvgIpc) is 2.88. The molecule has 3 unspecified atom stereocenters. The van der Waals surface area contributed by atoms with Gasteiger partial charge in [0.1, 0.15) is 0 Å². The van der Waals surface area contributed by atoms with Crippen LogP contribution in [-0.2, 0) is 14.4 Å². The molecule has 0 heterocycles. The SMILES string of the molecule is C/C=C/CCCCCCCCCCCCCCCCCCC[N+](C(C)C(=O)O)(C(C)C(=O)O)C(C)C(=O)O. The lowest BCUT2D eigenvalue weighted by molar-refractivity contribution is -0.968. The van der Waals surface area contributed by atoms with Crippen molar-refractivity contribution in [2.75, 3.05) is 6.54 Å². The Hall–Kier alpha value is -1.89. The van der Waals surface area contributed by atoms with Gasteiger partial charge < -0.3 is 15.3 Å². The second-order valence-corrected chi connectivity index (χ2v) is 11.1. The van der Waals surface area contributed by atoms with Crippen molar-refractivity contribution >= 4 is 17.9 Å². The van der Waals surface area contributed by atoms with Gasteiger partial charge in [0, 0.05) is 0 Å². The van der Waals surface area contributed by atoms with Crippen LogP contribution in [0.25, 0.3) is 0 Å². The predicted molar refractivity (Wildman–Crippen MR) is 154 cm³/mol. The van der Waals surface area contributed by atoms with E-state index >= 15 is 0 Å². The van der Waals surface area contributed by atoms with Gasteiger partial charge in [-0.25, -0.2) is 14.4 Å². The molecular formula is C31H58NO6+. The number of quaternary nitrogens is 1. The number of allylic oxidation sites excluding steroid dienone is 2. The molecule has 7 nitrogen and oxygen atoms in total. The molecule has 0 aromatic rings. The first-order valence-electron chi connectivity index (χ1n) is 15.3. The van der Waals surface area contributed by atoms with E-state index in [4.69, 9.17) is 0 Å². The van der Waals surface area contributed by atoms with Crippen molar-refractivity contribution in [1.29, 1.82) is 0 Å². The zero-order valence-corrected chi connectivity index (χ0v) is 24.8. The number of rotatable bonds is 26. The van der Waals surface area contributed by atoms with Gasteiger partial charge in [-0.2, -0.15) is 0 Å². The van der Waals surface area contributed by atoms with Crippen LogP contribution in [0, 0.1) is 0 Å². The van der Waals surface area contributed by atoms with E-state index in [1.54, 1.807) is 0 Å². The summed E-state index contributed by atoms with van der Waals surface area (Å²) in [6.45, 7) is 6.59. The summed E-state index contributed by atoms with van der Waals surface area (Å²) in [6, 6.07) is -3.36. The Morgan fingerprint density at radius 2 is 0.789 bits per heavy atom. The highest BCUT2D eigenvalue weighted by molar-refractivity contribution is 5.77. The van der Waals surface area contributed by atoms with Gasteiger partial charge in [0.25, 0.3) is 0 Å². The summed E-state index contributed by atoms with van der Waals surface area (Å²) in [5, 5.41) is 28.9. The lowest BCUT2D eigenvalue weighted by Crippen LogP contribution is -2.70. The van der Waals surface area contributed by atoms with E-state index in [-0.39, 0.29) is 6.54 Å². The van der Waals surface area contributed by atoms with Crippen LogP contribution in [-0.4, -0.2) is 62.4 Å². The third-order valence-electron chi connectivity index (χ3n) is 8.39. The summed E-state index contributed by atoms with van der Waals surface area (Å²) in [6.07, 6.45) is 26.4. The third-order valence-corrected chi connectivity index (χ3v) is 8.39. The molecule has 0 saturated heterocycles. The molecule has 0 amide bonds. The van der Waals surface area contributed by atoms with Crippen molar-refractivity contribution in [2.45, 2.75) is 161 Å². The molecule has 0 rings (SSSR count). The van der Waals surface area contributed by atoms with E-state index in [1.807, 2.05) is 0 Å². The van der Waals surface area contributed by atoms with Crippen LogP contribution < -0.4 is 0 Å². The molecule has 3 N–H and O–H groups in total. The van der Waals surface area contributed by atoms with Gasteiger partial charge in [-0.05, 0) is 53.4 Å². The minimum absolute atomic E-state index is 0.227. The van der Waals surface area contributed by atoms with Gasteiger partial charge in [-0.3, -0.25) is 4.48 Å². The van der Waals surface area contributed by atoms with E-state index < -0.39 is 40.5 Å². The largest absolute Gasteiger partial charge is 0.477 e. The number of nitrogens with zero attached hydrogens (tertiary/aromatic N) is 1. The molecular weight excluding hydrogens is 482 g/mol. The molecule has 0 spiro atoms. The van der Waals surface area contributed by atoms with E-state index in [9.17, 15) is 29.7 Å². The van der Waals surface area contributed by atoms with Crippen LogP contribution in [0.4, 0.5) is 0 Å². The number of carbonyl (C=O) groups is 3. The van der Waals surface area contributed by atoms with E-state index in [0.29, 0.717) is 6.42 Å². The summed E-state index contributed by atoms with van der Waals surface area (Å²) in [5.41, 5.74) is 0. The van der Waals surface area contributed by atoms with Gasteiger partial charge in [0.15, 0.2) is 18.1 Å². The number of hydrogen-bond acceptors (Lipinski definition) is 3. The normalized spacial score (nSPS) is 15.7. The highest BCUT2D eigenvalue weighted by Crippen LogP contribution is 2.27. The molecule has 0 aliphatic rings. The minimum atomic E-state index is -1.17. The van der Waals surface area contributed by atoms with Crippen molar-refractivity contribution in [3.05, 3.63) is 12.2 Å². The van der Waals surface area contributed by atoms with Crippen LogP contribution in [0.5, 0.6) is 0 Å². The standard InChI is InChI=1S/C31H57NO6/c1-5-6-7-8-9-10-11-12-13-14-15-16-17-18-19-20-21-22-23-24-25-32(26(2)29(33)34,27(3)30(35)36)28(4)31(37)38/h5-6,26-28H,7-25H2,1-4H3,(H2-,33,34,35,36,37,38)/p+1/b6-5+. The summed E-state index contributed by atoms with van der Waals surface area (Å²) < 4.78 is -0.475. The van der Waals surface area contributed by atoms with Crippen molar-refractivity contribution in [1.82, 2.24) is 0 Å². The Bertz CT molecular complexity index is 627. The Morgan fingerprint density at radius 3 is 1.05 bits per heavy atom. The first-order chi connectivity index (χ1) is 18.1. The maximum absolute atomic E-state index is 11.8. The zero-order valence-electron chi connectivity index (χ0n) is 24.8. The number of unbranched alkanes of at least 4 members (excludes halogenated alkanes) is 17. The maximum Gasteiger partial charge on any atom is 0.362 e. The van der Waals surface area contributed by atoms with Crippen LogP contribution in [0.1, 0.15) is 143 Å². The molecule has 0 saturated carbocycles. The molecule has 0 fully saturated rings. The van der Waals surface area contributed by atoms with E-state index in [1.165, 1.54) is 111 Å². The molecule has 3 atom stereocenters. The predicted octanol–water partition coefficient (Wildman–Crippen LogP) is 7.82. The lowest BCUT2D eigenvalue weighted by atomic mass is 9.99. The second kappa shape index (κ2) is 22.0. The monoisotopic (exact) mass is 540 g/mol. The summed E-state index contributed by atoms with van der Waals surface area (Å²) in [4.78, 5) is 35.4. The first-order valence-corrected chi connectivity index (χ1v) is 15.3. The molecule has 0 radical (unpaired) electrons. The van der Waals surface area contributed by atoms with Crippen molar-refractivity contribution in [2.24, 2.45) is 0 Å². The molecule has 0 aliphatic heterocycles. The highest BCUT2D eigenvalue weighted by Gasteiger charge is 2.52. The fraction of sp³-hybridized carbons (Fsp3) is 0.839. The van der Waals surface area contributed by atoms with E-state index in [0.717, 1.165) is 19.3 Å². The Labute approximate surface area is 232 Å². The summed E-state index contributed by atoms with van der Waals surface area (Å²) in [7, 11) is 0. The molecule has 0 aromatic heterocycles. The van der Waals surface area contributed by atoms with Crippen LogP contribution in [0.2, 0.25) is 0 Å². The Morgan fingerprint density at radius 1 is 0.526 bits per heavy atom. The fourth-order valence-corrected chi connectivity index (χ4v) is 5.67. The van der Waals surface area contributed by atoms with Crippen LogP contribution in [0.3, 0.4) is 0 Å². The molecule has 0 aromatic carbocycles. The van der Waals surface area contributed by atoms with Gasteiger partial charge >= 0.3 is 17.9 Å². The fourth-order valence-electron chi connectivity index (χ4n) is 5.67. The van der Waals surface area contributed by atoms with Crippen molar-refractivity contribution < 1.29 is 34.2 Å². The second-order valence-electron chi connectivity index (χ2n) is 11.1. The molecule has 0 aliphatic carbocycles. The van der Waals surface area contributed by atoms with Crippen LogP contribution >= 0.6 is 0 Å². The summed E-state index contributed by atoms with van der Waals surface area (Å²) in [5.74, 6) is -3.51. The number of hydrogen-bond donors (Lipinski definition) is 3. The third kappa shape index (κ3) is 14.3. The molecule has 222 valence electrons. The van der Waals surface area contributed by atoms with Crippen molar-refractivity contribution in [3.63, 3.8) is 0 Å². The first kappa shape index (κ1) is 36.1. The number of carboxylic acid groups (broad SMARTS) is 3. The molecule has 7 heteroatoms. The van der Waals surface area contributed by atoms with Crippen molar-refractivity contribution in [3.8, 4) is 0 Å². The topological polar surface area (TPSA) is 112 Å². The summed E-state index contributed by atoms with van der Waals surface area (Å²) >= 11 is 0. The Balaban J connectivity index is 4.04. The van der Waals surface area contributed by atoms with E-state index in [2.05, 4.69) is 19.1 Å². The quantitative estimate of drug-likeness (QED) is 0.0586. The molecule has 38 heavy (non-hydrogen) atoms. The smallest absolute Gasteiger partial charge is 0.362 e. The van der Waals surface area contributed by atoms with Gasteiger partial charge in [-0.1, -0.05) is 102 Å². The maximum atomic E-state index is 11.8. The lowest BCUT2D eigenvalue weighted by Gasteiger charge is -2.47. The van der Waals surface area contributed by atoms with Crippen LogP contribution in [0.15, 0.2) is 12.2 Å². The highest BCUT2D eigenvalue weighted by atomic mass is 16.4. The zero-order chi connectivity index (χ0) is 28.8.